The predicted molar refractivity (Wildman–Crippen MR) is 77.5 cm³/mol. The van der Waals surface area contributed by atoms with Gasteiger partial charge in [-0.15, -0.1) is 0 Å². The molecule has 0 atom stereocenters. The van der Waals surface area contributed by atoms with Gasteiger partial charge in [0, 0.05) is 16.1 Å². The second-order valence-corrected chi connectivity index (χ2v) is 6.14. The summed E-state index contributed by atoms with van der Waals surface area (Å²) in [6, 6.07) is 6.82. The highest BCUT2D eigenvalue weighted by Gasteiger charge is 2.22. The molecule has 0 aliphatic heterocycles. The molecule has 0 unspecified atom stereocenters. The number of hydrogen-bond donors (Lipinski definition) is 1. The van der Waals surface area contributed by atoms with Crippen LogP contribution < -0.4 is 5.73 Å². The molecule has 2 N–H and O–H groups in total. The molecule has 4 heteroatoms. The largest absolute Gasteiger partial charge is 0.330 e. The van der Waals surface area contributed by atoms with E-state index in [-0.39, 0.29) is 0 Å². The second-order valence-electron chi connectivity index (χ2n) is 5.22. The molecule has 0 bridgehead atoms. The molecule has 0 amide bonds. The lowest BCUT2D eigenvalue weighted by molar-refractivity contribution is 0.266. The fourth-order valence-electron chi connectivity index (χ4n) is 2.84. The van der Waals surface area contributed by atoms with Crippen LogP contribution >= 0.6 is 15.9 Å². The molecule has 1 aliphatic rings. The van der Waals surface area contributed by atoms with Crippen LogP contribution in [0.3, 0.4) is 0 Å². The fraction of sp³-hybridized carbons (Fsp3) is 0.500. The molecule has 2 aromatic rings. The van der Waals surface area contributed by atoms with Crippen molar-refractivity contribution in [3.8, 4) is 0 Å². The van der Waals surface area contributed by atoms with Crippen LogP contribution in [0.1, 0.15) is 31.7 Å². The van der Waals surface area contributed by atoms with E-state index in [2.05, 4.69) is 45.0 Å². The minimum Gasteiger partial charge on any atom is -0.330 e. The lowest BCUT2D eigenvalue weighted by Crippen LogP contribution is -2.23. The van der Waals surface area contributed by atoms with Crippen molar-refractivity contribution in [1.29, 1.82) is 0 Å². The Bertz CT molecular complexity index is 541. The number of aromatic nitrogens is 2. The second kappa shape index (κ2) is 5.02. The van der Waals surface area contributed by atoms with Crippen LogP contribution in [-0.2, 0) is 0 Å². The lowest BCUT2D eigenvalue weighted by Gasteiger charge is -2.27. The molecule has 1 fully saturated rings. The summed E-state index contributed by atoms with van der Waals surface area (Å²) in [6.45, 7) is 0.834. The molecule has 1 aromatic heterocycles. The van der Waals surface area contributed by atoms with E-state index in [1.807, 2.05) is 0 Å². The van der Waals surface area contributed by atoms with Gasteiger partial charge in [0.05, 0.1) is 11.6 Å². The van der Waals surface area contributed by atoms with Crippen molar-refractivity contribution in [2.45, 2.75) is 31.7 Å². The third-order valence-corrected chi connectivity index (χ3v) is 4.50. The van der Waals surface area contributed by atoms with Crippen molar-refractivity contribution in [3.05, 3.63) is 28.9 Å². The Kier molecular flexibility index (Phi) is 3.39. The maximum absolute atomic E-state index is 5.74. The van der Waals surface area contributed by atoms with Crippen molar-refractivity contribution < 1.29 is 0 Å². The Hall–Kier alpha value is -0.870. The molecule has 3 nitrogen and oxygen atoms in total. The van der Waals surface area contributed by atoms with Crippen molar-refractivity contribution in [2.24, 2.45) is 11.7 Å². The zero-order valence-electron chi connectivity index (χ0n) is 10.3. The van der Waals surface area contributed by atoms with Crippen LogP contribution in [0.2, 0.25) is 0 Å². The Balaban J connectivity index is 1.82. The van der Waals surface area contributed by atoms with Gasteiger partial charge in [-0.05, 0) is 50.3 Å². The highest BCUT2D eigenvalue weighted by Crippen LogP contribution is 2.32. The molecule has 1 aromatic carbocycles. The molecule has 1 saturated carbocycles. The number of nitrogens with zero attached hydrogens (tertiary/aromatic N) is 2. The zero-order chi connectivity index (χ0) is 12.5. The van der Waals surface area contributed by atoms with E-state index >= 15 is 0 Å². The van der Waals surface area contributed by atoms with E-state index in [0.29, 0.717) is 6.04 Å². The smallest absolute Gasteiger partial charge is 0.0934 e. The van der Waals surface area contributed by atoms with Gasteiger partial charge in [0.2, 0.25) is 0 Å². The van der Waals surface area contributed by atoms with Gasteiger partial charge in [-0.25, -0.2) is 0 Å². The highest BCUT2D eigenvalue weighted by molar-refractivity contribution is 9.10. The van der Waals surface area contributed by atoms with Gasteiger partial charge < -0.3 is 5.73 Å². The van der Waals surface area contributed by atoms with Gasteiger partial charge in [0.25, 0.3) is 0 Å². The van der Waals surface area contributed by atoms with E-state index < -0.39 is 0 Å². The maximum atomic E-state index is 5.74. The van der Waals surface area contributed by atoms with Gasteiger partial charge in [0.1, 0.15) is 0 Å². The Morgan fingerprint density at radius 3 is 2.78 bits per heavy atom. The summed E-state index contributed by atoms with van der Waals surface area (Å²) in [6.07, 6.45) is 7.06. The number of rotatable bonds is 2. The molecule has 3 rings (SSSR count). The molecule has 1 aliphatic carbocycles. The maximum Gasteiger partial charge on any atom is 0.0934 e. The summed E-state index contributed by atoms with van der Waals surface area (Å²) in [5.41, 5.74) is 6.81. The molecule has 0 radical (unpaired) electrons. The monoisotopic (exact) mass is 307 g/mol. The first kappa shape index (κ1) is 12.2. The third kappa shape index (κ3) is 2.31. The summed E-state index contributed by atoms with van der Waals surface area (Å²) in [7, 11) is 0. The SMILES string of the molecule is NCC1CCC(n2cc3ccc(Br)cc3n2)CC1. The Morgan fingerprint density at radius 1 is 1.28 bits per heavy atom. The van der Waals surface area contributed by atoms with Gasteiger partial charge in [-0.2, -0.15) is 5.10 Å². The van der Waals surface area contributed by atoms with E-state index in [1.165, 1.54) is 31.1 Å². The van der Waals surface area contributed by atoms with Gasteiger partial charge in [0.15, 0.2) is 0 Å². The Morgan fingerprint density at radius 2 is 2.06 bits per heavy atom. The van der Waals surface area contributed by atoms with E-state index in [9.17, 15) is 0 Å². The van der Waals surface area contributed by atoms with Crippen LogP contribution in [-0.4, -0.2) is 16.3 Å². The number of benzene rings is 1. The van der Waals surface area contributed by atoms with Crippen LogP contribution in [0.15, 0.2) is 28.9 Å². The van der Waals surface area contributed by atoms with E-state index in [0.717, 1.165) is 22.5 Å². The number of hydrogen-bond acceptors (Lipinski definition) is 2. The first-order valence-electron chi connectivity index (χ1n) is 6.61. The van der Waals surface area contributed by atoms with Crippen LogP contribution in [0.5, 0.6) is 0 Å². The van der Waals surface area contributed by atoms with E-state index in [4.69, 9.17) is 10.8 Å². The van der Waals surface area contributed by atoms with Crippen molar-refractivity contribution >= 4 is 26.8 Å². The van der Waals surface area contributed by atoms with Gasteiger partial charge >= 0.3 is 0 Å². The van der Waals surface area contributed by atoms with Gasteiger partial charge in [-0.3, -0.25) is 4.68 Å². The summed E-state index contributed by atoms with van der Waals surface area (Å²) >= 11 is 3.49. The summed E-state index contributed by atoms with van der Waals surface area (Å²) < 4.78 is 3.25. The van der Waals surface area contributed by atoms with Crippen LogP contribution in [0.4, 0.5) is 0 Å². The molecule has 0 spiro atoms. The van der Waals surface area contributed by atoms with Crippen molar-refractivity contribution in [2.75, 3.05) is 6.54 Å². The van der Waals surface area contributed by atoms with Crippen LogP contribution in [0, 0.1) is 5.92 Å². The average molecular weight is 308 g/mol. The normalized spacial score (nSPS) is 24.6. The van der Waals surface area contributed by atoms with Crippen molar-refractivity contribution in [3.63, 3.8) is 0 Å². The summed E-state index contributed by atoms with van der Waals surface area (Å²) in [5, 5.41) is 5.92. The van der Waals surface area contributed by atoms with Gasteiger partial charge in [-0.1, -0.05) is 22.0 Å². The molecular weight excluding hydrogens is 290 g/mol. The quantitative estimate of drug-likeness (QED) is 0.923. The average Bonchev–Trinajstić information content (AvgIpc) is 2.81. The number of halogens is 1. The van der Waals surface area contributed by atoms with E-state index in [1.54, 1.807) is 0 Å². The molecule has 18 heavy (non-hydrogen) atoms. The molecule has 0 saturated heterocycles. The lowest BCUT2D eigenvalue weighted by atomic mass is 9.86. The number of nitrogens with two attached hydrogens (primary N) is 1. The molecule has 1 heterocycles. The molecule has 96 valence electrons. The topological polar surface area (TPSA) is 43.8 Å². The fourth-order valence-corrected chi connectivity index (χ4v) is 3.19. The summed E-state index contributed by atoms with van der Waals surface area (Å²) in [4.78, 5) is 0. The first-order chi connectivity index (χ1) is 8.76. The zero-order valence-corrected chi connectivity index (χ0v) is 11.9. The standard InChI is InChI=1S/C14H18BrN3/c15-12-4-3-11-9-18(17-14(11)7-12)13-5-1-10(8-16)2-6-13/h3-4,7,9-10,13H,1-2,5-6,8,16H2. The number of fused-ring (bicyclic) bond motifs is 1. The van der Waals surface area contributed by atoms with Crippen LogP contribution in [0.25, 0.3) is 10.9 Å². The third-order valence-electron chi connectivity index (χ3n) is 4.01. The Labute approximate surface area is 115 Å². The summed E-state index contributed by atoms with van der Waals surface area (Å²) in [5.74, 6) is 0.723. The highest BCUT2D eigenvalue weighted by atomic mass is 79.9. The van der Waals surface area contributed by atoms with Crippen molar-refractivity contribution in [1.82, 2.24) is 9.78 Å². The minimum absolute atomic E-state index is 0.555. The first-order valence-corrected chi connectivity index (χ1v) is 7.40. The minimum atomic E-state index is 0.555. The molecular formula is C14H18BrN3. The predicted octanol–water partition coefficient (Wildman–Crippen LogP) is 3.49.